The van der Waals surface area contributed by atoms with Crippen molar-refractivity contribution in [3.8, 4) is 5.75 Å². The van der Waals surface area contributed by atoms with Crippen LogP contribution in [0.3, 0.4) is 0 Å². The van der Waals surface area contributed by atoms with Gasteiger partial charge in [0.2, 0.25) is 11.9 Å². The van der Waals surface area contributed by atoms with Crippen molar-refractivity contribution in [2.45, 2.75) is 70.0 Å². The van der Waals surface area contributed by atoms with Gasteiger partial charge in [0.25, 0.3) is 5.91 Å². The highest BCUT2D eigenvalue weighted by Gasteiger charge is 2.41. The molecule has 1 aromatic carbocycles. The molecule has 0 spiro atoms. The number of carbonyl (C=O) groups is 3. The minimum atomic E-state index is -0.245. The van der Waals surface area contributed by atoms with Crippen LogP contribution in [0.1, 0.15) is 62.2 Å². The summed E-state index contributed by atoms with van der Waals surface area (Å²) in [6.45, 7) is 5.21. The molecule has 1 aromatic heterocycles. The Hall–Kier alpha value is -3.77. The molecule has 2 aromatic rings. The first-order valence-electron chi connectivity index (χ1n) is 15.4. The number of aromatic nitrogens is 2. The van der Waals surface area contributed by atoms with Crippen molar-refractivity contribution in [3.05, 3.63) is 30.0 Å². The Bertz CT molecular complexity index is 1290. The van der Waals surface area contributed by atoms with Gasteiger partial charge in [-0.2, -0.15) is 4.98 Å². The number of anilines is 4. The number of piperidine rings is 1. The number of amides is 2. The van der Waals surface area contributed by atoms with E-state index in [-0.39, 0.29) is 36.5 Å². The highest BCUT2D eigenvalue weighted by molar-refractivity contribution is 6.04. The van der Waals surface area contributed by atoms with Gasteiger partial charge in [-0.3, -0.25) is 9.59 Å². The van der Waals surface area contributed by atoms with Crippen molar-refractivity contribution >= 4 is 41.2 Å². The Kier molecular flexibility index (Phi) is 10.1. The van der Waals surface area contributed by atoms with Gasteiger partial charge in [0.15, 0.2) is 5.82 Å². The number of hydrogen-bond acceptors (Lipinski definition) is 10. The van der Waals surface area contributed by atoms with E-state index in [4.69, 9.17) is 14.5 Å². The normalized spacial score (nSPS) is 19.8. The zero-order valence-electron chi connectivity index (χ0n) is 25.4. The molecule has 5 rings (SSSR count). The van der Waals surface area contributed by atoms with E-state index in [2.05, 4.69) is 25.4 Å². The number of methoxy groups -OCH3 is 1. The van der Waals surface area contributed by atoms with Gasteiger partial charge < -0.3 is 39.6 Å². The van der Waals surface area contributed by atoms with Crippen molar-refractivity contribution in [1.29, 1.82) is 0 Å². The number of likely N-dealkylation sites (tertiary alicyclic amines) is 1. The summed E-state index contributed by atoms with van der Waals surface area (Å²) in [4.78, 5) is 52.3. The number of benzene rings is 1. The van der Waals surface area contributed by atoms with Crippen LogP contribution in [-0.4, -0.2) is 98.1 Å². The average Bonchev–Trinajstić information content (AvgIpc) is 3.56. The Labute approximate surface area is 253 Å². The number of rotatable bonds is 12. The molecule has 0 radical (unpaired) electrons. The van der Waals surface area contributed by atoms with Gasteiger partial charge >= 0.3 is 0 Å². The number of aldehydes is 1. The maximum Gasteiger partial charge on any atom is 0.251 e. The molecule has 43 heavy (non-hydrogen) atoms. The van der Waals surface area contributed by atoms with Gasteiger partial charge in [0, 0.05) is 44.3 Å². The molecule has 12 heteroatoms. The SMILES string of the molecule is CC[C@@H]1C(=O)N(C)c2cnc(Nc3ccc(C(=O)NC4CCN(CCOCC=O)CC4)cc3OC)nc2N1C1CCCC1. The fraction of sp³-hybridized carbons (Fsp3) is 0.581. The lowest BCUT2D eigenvalue weighted by molar-refractivity contribution is -0.120. The second-order valence-electron chi connectivity index (χ2n) is 11.4. The first kappa shape index (κ1) is 30.7. The number of ether oxygens (including phenoxy) is 2. The molecule has 2 amide bonds. The number of fused-ring (bicyclic) bond motifs is 1. The van der Waals surface area contributed by atoms with Crippen molar-refractivity contribution in [1.82, 2.24) is 20.2 Å². The molecule has 12 nitrogen and oxygen atoms in total. The fourth-order valence-corrected chi connectivity index (χ4v) is 6.39. The number of nitrogens with zero attached hydrogens (tertiary/aromatic N) is 5. The zero-order valence-corrected chi connectivity index (χ0v) is 25.4. The Morgan fingerprint density at radius 1 is 1.16 bits per heavy atom. The second-order valence-corrected chi connectivity index (χ2v) is 11.4. The molecular formula is C31H43N7O5. The Morgan fingerprint density at radius 2 is 1.93 bits per heavy atom. The molecule has 2 aliphatic heterocycles. The molecule has 3 aliphatic rings. The first-order valence-corrected chi connectivity index (χ1v) is 15.4. The molecule has 232 valence electrons. The second kappa shape index (κ2) is 14.1. The van der Waals surface area contributed by atoms with E-state index in [0.717, 1.165) is 70.3 Å². The average molecular weight is 594 g/mol. The molecule has 2 fully saturated rings. The van der Waals surface area contributed by atoms with Crippen molar-refractivity contribution in [3.63, 3.8) is 0 Å². The summed E-state index contributed by atoms with van der Waals surface area (Å²) in [6, 6.07) is 5.42. The van der Waals surface area contributed by atoms with E-state index in [1.54, 1.807) is 43.5 Å². The molecule has 3 heterocycles. The number of hydrogen-bond donors (Lipinski definition) is 2. The summed E-state index contributed by atoms with van der Waals surface area (Å²) in [7, 11) is 3.36. The fourth-order valence-electron chi connectivity index (χ4n) is 6.39. The standard InChI is InChI=1S/C31H43N7O5/c1-4-25-30(41)36(2)26-20-32-31(35-28(26)38(25)23-7-5-6-8-23)34-24-10-9-21(19-27(24)42-3)29(40)33-22-11-13-37(14-12-22)15-17-43-18-16-39/h9-10,16,19-20,22-23,25H,4-8,11-15,17-18H2,1-3H3,(H,33,40)(H,32,34,35)/t25-/m1/s1. The summed E-state index contributed by atoms with van der Waals surface area (Å²) < 4.78 is 10.9. The summed E-state index contributed by atoms with van der Waals surface area (Å²) >= 11 is 0. The topological polar surface area (TPSA) is 129 Å². The van der Waals surface area contributed by atoms with E-state index in [9.17, 15) is 14.4 Å². The lowest BCUT2D eigenvalue weighted by Gasteiger charge is -2.43. The van der Waals surface area contributed by atoms with E-state index >= 15 is 0 Å². The van der Waals surface area contributed by atoms with E-state index in [1.165, 1.54) is 0 Å². The summed E-state index contributed by atoms with van der Waals surface area (Å²) in [5.74, 6) is 1.61. The monoisotopic (exact) mass is 593 g/mol. The van der Waals surface area contributed by atoms with Crippen LogP contribution in [-0.2, 0) is 14.3 Å². The largest absolute Gasteiger partial charge is 0.495 e. The van der Waals surface area contributed by atoms with Crippen LogP contribution in [0, 0.1) is 0 Å². The maximum atomic E-state index is 13.2. The minimum Gasteiger partial charge on any atom is -0.495 e. The van der Waals surface area contributed by atoms with Crippen LogP contribution in [0.4, 0.5) is 23.1 Å². The molecule has 0 unspecified atom stereocenters. The number of nitrogens with one attached hydrogen (secondary N) is 2. The van der Waals surface area contributed by atoms with Gasteiger partial charge in [0.1, 0.15) is 30.4 Å². The quantitative estimate of drug-likeness (QED) is 0.280. The van der Waals surface area contributed by atoms with Crippen LogP contribution in [0.15, 0.2) is 24.4 Å². The highest BCUT2D eigenvalue weighted by atomic mass is 16.5. The molecule has 1 saturated carbocycles. The van der Waals surface area contributed by atoms with Gasteiger partial charge in [-0.25, -0.2) is 4.98 Å². The maximum absolute atomic E-state index is 13.2. The summed E-state index contributed by atoms with van der Waals surface area (Å²) in [5.41, 5.74) is 1.86. The van der Waals surface area contributed by atoms with Crippen LogP contribution in [0.2, 0.25) is 0 Å². The molecule has 1 aliphatic carbocycles. The third-order valence-electron chi connectivity index (χ3n) is 8.78. The zero-order chi connectivity index (χ0) is 30.3. The van der Waals surface area contributed by atoms with Gasteiger partial charge in [-0.15, -0.1) is 0 Å². The van der Waals surface area contributed by atoms with E-state index < -0.39 is 0 Å². The summed E-state index contributed by atoms with van der Waals surface area (Å²) in [5, 5.41) is 6.43. The Balaban J connectivity index is 1.26. The van der Waals surface area contributed by atoms with Crippen molar-refractivity contribution < 1.29 is 23.9 Å². The van der Waals surface area contributed by atoms with E-state index in [1.807, 2.05) is 6.92 Å². The third kappa shape index (κ3) is 6.91. The third-order valence-corrected chi connectivity index (χ3v) is 8.78. The van der Waals surface area contributed by atoms with Gasteiger partial charge in [-0.1, -0.05) is 19.8 Å². The Morgan fingerprint density at radius 3 is 2.63 bits per heavy atom. The van der Waals surface area contributed by atoms with E-state index in [0.29, 0.717) is 41.7 Å². The van der Waals surface area contributed by atoms with Crippen LogP contribution >= 0.6 is 0 Å². The van der Waals surface area contributed by atoms with Crippen molar-refractivity contribution in [2.24, 2.45) is 0 Å². The minimum absolute atomic E-state index is 0.0768. The molecule has 1 saturated heterocycles. The van der Waals surface area contributed by atoms with Crippen LogP contribution in [0.25, 0.3) is 0 Å². The first-order chi connectivity index (χ1) is 20.9. The van der Waals surface area contributed by atoms with Crippen molar-refractivity contribution in [2.75, 3.05) is 62.1 Å². The molecule has 1 atom stereocenters. The van der Waals surface area contributed by atoms with Gasteiger partial charge in [-0.05, 0) is 50.3 Å². The van der Waals surface area contributed by atoms with Crippen LogP contribution in [0.5, 0.6) is 5.75 Å². The lowest BCUT2D eigenvalue weighted by Crippen LogP contribution is -2.55. The van der Waals surface area contributed by atoms with Crippen LogP contribution < -0.4 is 25.2 Å². The predicted octanol–water partition coefficient (Wildman–Crippen LogP) is 3.14. The number of carbonyl (C=O) groups excluding carboxylic acids is 3. The molecule has 2 N–H and O–H groups in total. The lowest BCUT2D eigenvalue weighted by atomic mass is 10.0. The smallest absolute Gasteiger partial charge is 0.251 e. The molecule has 0 bridgehead atoms. The number of likely N-dealkylation sites (N-methyl/N-ethyl adjacent to an activating group) is 1. The predicted molar refractivity (Wildman–Crippen MR) is 164 cm³/mol. The molecular weight excluding hydrogens is 550 g/mol. The highest BCUT2D eigenvalue weighted by Crippen LogP contribution is 2.40. The van der Waals surface area contributed by atoms with Gasteiger partial charge in [0.05, 0.1) is 25.6 Å². The summed E-state index contributed by atoms with van der Waals surface area (Å²) in [6.07, 6.45) is 9.28.